The summed E-state index contributed by atoms with van der Waals surface area (Å²) in [5.41, 5.74) is 17.3. The number of benzene rings is 1. The van der Waals surface area contributed by atoms with Crippen molar-refractivity contribution < 1.29 is 51.5 Å². The van der Waals surface area contributed by atoms with Crippen LogP contribution in [0.3, 0.4) is 0 Å². The molecule has 1 unspecified atom stereocenters. The van der Waals surface area contributed by atoms with Crippen molar-refractivity contribution in [1.29, 1.82) is 10.8 Å². The maximum Gasteiger partial charge on any atom is 0.491 e. The van der Waals surface area contributed by atoms with Gasteiger partial charge in [-0.3, -0.25) is 39.6 Å². The Morgan fingerprint density at radius 1 is 0.825 bits per heavy atom. The van der Waals surface area contributed by atoms with Gasteiger partial charge in [0.1, 0.15) is 29.9 Å². The summed E-state index contributed by atoms with van der Waals surface area (Å²) in [6.07, 6.45) is -1.37. The van der Waals surface area contributed by atoms with Crippen LogP contribution in [0.2, 0.25) is 0 Å². The fraction of sp³-hybridized carbons (Fsp3) is 0.528. The third-order valence-corrected chi connectivity index (χ3v) is 9.04. The lowest BCUT2D eigenvalue weighted by molar-refractivity contribution is -0.201. The summed E-state index contributed by atoms with van der Waals surface area (Å²) < 4.78 is 42.1. The molecule has 0 radical (unpaired) electrons. The number of carbonyl (C=O) groups is 7. The third-order valence-electron chi connectivity index (χ3n) is 9.04. The van der Waals surface area contributed by atoms with Crippen LogP contribution in [-0.2, 0) is 44.7 Å². The number of hydrogen-bond acceptors (Lipinski definition) is 10. The Bertz CT molecular complexity index is 1630. The van der Waals surface area contributed by atoms with Crippen LogP contribution >= 0.6 is 0 Å². The molecule has 2 rings (SSSR count). The van der Waals surface area contributed by atoms with Crippen LogP contribution < -0.4 is 43.8 Å². The normalized spacial score (nSPS) is 15.0. The molecule has 0 saturated heterocycles. The molecule has 1 aliphatic rings. The van der Waals surface area contributed by atoms with Gasteiger partial charge >= 0.3 is 18.1 Å². The van der Waals surface area contributed by atoms with E-state index in [9.17, 15) is 46.7 Å². The first-order chi connectivity index (χ1) is 26.8. The van der Waals surface area contributed by atoms with Crippen LogP contribution in [0.4, 0.5) is 13.2 Å². The molecule has 13 N–H and O–H groups in total. The molecule has 5 amide bonds. The van der Waals surface area contributed by atoms with Crippen molar-refractivity contribution in [1.82, 2.24) is 26.6 Å². The summed E-state index contributed by atoms with van der Waals surface area (Å²) in [5, 5.41) is 27.3. The van der Waals surface area contributed by atoms with Crippen LogP contribution in [0.5, 0.6) is 0 Å². The van der Waals surface area contributed by atoms with Gasteiger partial charge in [0.05, 0.1) is 0 Å². The highest BCUT2D eigenvalue weighted by molar-refractivity contribution is 6.03. The molecule has 1 saturated carbocycles. The first kappa shape index (κ1) is 47.1. The zero-order valence-electron chi connectivity index (χ0n) is 31.3. The number of nitrogens with two attached hydrogens (primary N) is 3. The number of amidine groups is 1. The Hall–Kier alpha value is -6.02. The number of alkyl halides is 3. The molecule has 0 aromatic heterocycles. The van der Waals surface area contributed by atoms with E-state index < -0.39 is 84.5 Å². The minimum absolute atomic E-state index is 0.0583. The molecule has 1 aliphatic carbocycles. The predicted molar refractivity (Wildman–Crippen MR) is 200 cm³/mol. The molecular weight excluding hydrogens is 757 g/mol. The fourth-order valence-corrected chi connectivity index (χ4v) is 6.02. The van der Waals surface area contributed by atoms with Crippen molar-refractivity contribution in [2.45, 2.75) is 94.9 Å². The van der Waals surface area contributed by atoms with Gasteiger partial charge in [0.15, 0.2) is 5.96 Å². The van der Waals surface area contributed by atoms with Gasteiger partial charge in [-0.2, -0.15) is 13.2 Å². The number of primary amides is 1. The van der Waals surface area contributed by atoms with Crippen molar-refractivity contribution in [3.63, 3.8) is 0 Å². The summed E-state index contributed by atoms with van der Waals surface area (Å²) in [6.45, 7) is 3.53. The molecule has 0 spiro atoms. The fourth-order valence-electron chi connectivity index (χ4n) is 6.02. The Morgan fingerprint density at radius 3 is 1.95 bits per heavy atom. The molecule has 21 heteroatoms. The SMILES string of the molecule is C=CCNC(=O)C(Cc1ccc(C(=N)N)cc1)C(=O)N[C@@H](CCC(=O)OC(=O)C(F)(F)F)C(=O)N[C@@H](CCCNC(=N)N)C(=O)N[C@@H](CC1CCCCC1)C(N)=O. The zero-order chi connectivity index (χ0) is 42.7. The van der Waals surface area contributed by atoms with Gasteiger partial charge in [0.2, 0.25) is 29.5 Å². The lowest BCUT2D eigenvalue weighted by Crippen LogP contribution is -2.57. The second-order valence-corrected chi connectivity index (χ2v) is 13.5. The lowest BCUT2D eigenvalue weighted by Gasteiger charge is -2.28. The number of esters is 2. The molecule has 0 aliphatic heterocycles. The van der Waals surface area contributed by atoms with Crippen molar-refractivity contribution in [2.24, 2.45) is 29.0 Å². The topological polar surface area (TPSA) is 315 Å². The Labute approximate surface area is 327 Å². The van der Waals surface area contributed by atoms with E-state index in [2.05, 4.69) is 37.9 Å². The highest BCUT2D eigenvalue weighted by Crippen LogP contribution is 2.27. The molecule has 1 aromatic rings. The highest BCUT2D eigenvalue weighted by Gasteiger charge is 2.42. The molecule has 0 bridgehead atoms. The molecule has 1 aromatic carbocycles. The summed E-state index contributed by atoms with van der Waals surface area (Å²) in [4.78, 5) is 90.5. The van der Waals surface area contributed by atoms with Gasteiger partial charge in [0, 0.05) is 25.1 Å². The minimum Gasteiger partial charge on any atom is -0.386 e. The maximum absolute atomic E-state index is 13.9. The van der Waals surface area contributed by atoms with Crippen molar-refractivity contribution in [2.75, 3.05) is 13.1 Å². The molecule has 0 heterocycles. The van der Waals surface area contributed by atoms with Crippen LogP contribution in [0, 0.1) is 22.7 Å². The number of rotatable bonds is 22. The highest BCUT2D eigenvalue weighted by atomic mass is 19.4. The molecule has 4 atom stereocenters. The predicted octanol–water partition coefficient (Wildman–Crippen LogP) is 0.0172. The zero-order valence-corrected chi connectivity index (χ0v) is 31.3. The smallest absolute Gasteiger partial charge is 0.386 e. The number of guanidine groups is 1. The molecule has 314 valence electrons. The summed E-state index contributed by atoms with van der Waals surface area (Å²) in [5.74, 6) is -11.2. The quantitative estimate of drug-likeness (QED) is 0.0186. The Balaban J connectivity index is 2.42. The second kappa shape index (κ2) is 23.1. The van der Waals surface area contributed by atoms with Crippen molar-refractivity contribution >= 4 is 53.3 Å². The first-order valence-electron chi connectivity index (χ1n) is 18.2. The molecule has 1 fully saturated rings. The van der Waals surface area contributed by atoms with E-state index in [0.29, 0.717) is 11.1 Å². The molecule has 57 heavy (non-hydrogen) atoms. The number of nitrogens with one attached hydrogen (secondary N) is 7. The van der Waals surface area contributed by atoms with E-state index in [1.54, 1.807) is 0 Å². The second-order valence-electron chi connectivity index (χ2n) is 13.5. The minimum atomic E-state index is -5.51. The summed E-state index contributed by atoms with van der Waals surface area (Å²) in [6, 6.07) is 1.64. The standard InChI is InChI=1S/C36H51F3N10O8/c1-2-16-45-30(52)23(18-21-10-12-22(13-11-21)28(40)41)31(53)47-25(14-15-27(50)57-34(56)36(37,38)39)33(55)48-24(9-6-17-46-35(43)44)32(54)49-26(29(42)51)19-20-7-4-3-5-8-20/h2,10-13,20,23-26H,1,3-9,14-19H2,(H3,40,41)(H2,42,51)(H,45,52)(H,47,53)(H,48,55)(H,49,54)(H4,43,44,46)/t23?,24-,25-,26-/m0/s1. The van der Waals surface area contributed by atoms with Crippen LogP contribution in [0.25, 0.3) is 0 Å². The summed E-state index contributed by atoms with van der Waals surface area (Å²) >= 11 is 0. The van der Waals surface area contributed by atoms with E-state index in [-0.39, 0.29) is 56.5 Å². The van der Waals surface area contributed by atoms with E-state index in [1.807, 2.05) is 0 Å². The van der Waals surface area contributed by atoms with Gasteiger partial charge in [0.25, 0.3) is 0 Å². The van der Waals surface area contributed by atoms with Gasteiger partial charge in [-0.1, -0.05) is 62.4 Å². The Morgan fingerprint density at radius 2 is 1.40 bits per heavy atom. The maximum atomic E-state index is 13.9. The van der Waals surface area contributed by atoms with Crippen LogP contribution in [-0.4, -0.2) is 90.7 Å². The number of carbonyl (C=O) groups excluding carboxylic acids is 7. The van der Waals surface area contributed by atoms with Gasteiger partial charge in [-0.05, 0) is 43.6 Å². The lowest BCUT2D eigenvalue weighted by atomic mass is 9.84. The largest absolute Gasteiger partial charge is 0.491 e. The average molecular weight is 809 g/mol. The van der Waals surface area contributed by atoms with Gasteiger partial charge in [-0.15, -0.1) is 6.58 Å². The molecular formula is C36H51F3N10O8. The van der Waals surface area contributed by atoms with E-state index in [0.717, 1.165) is 32.1 Å². The van der Waals surface area contributed by atoms with Gasteiger partial charge in [-0.25, -0.2) is 4.79 Å². The number of ether oxygens (including phenoxy) is 1. The number of nitrogen functional groups attached to an aromatic ring is 1. The van der Waals surface area contributed by atoms with Crippen molar-refractivity contribution in [3.8, 4) is 0 Å². The average Bonchev–Trinajstić information content (AvgIpc) is 3.15. The van der Waals surface area contributed by atoms with E-state index >= 15 is 0 Å². The first-order valence-corrected chi connectivity index (χ1v) is 18.2. The summed E-state index contributed by atoms with van der Waals surface area (Å²) in [7, 11) is 0. The van der Waals surface area contributed by atoms with E-state index in [4.69, 9.17) is 28.0 Å². The number of amides is 5. The number of hydrogen-bond donors (Lipinski definition) is 10. The van der Waals surface area contributed by atoms with Gasteiger partial charge < -0.3 is 48.5 Å². The third kappa shape index (κ3) is 17.1. The van der Waals surface area contributed by atoms with Crippen LogP contribution in [0.15, 0.2) is 36.9 Å². The van der Waals surface area contributed by atoms with Crippen LogP contribution in [0.1, 0.15) is 75.3 Å². The monoisotopic (exact) mass is 808 g/mol. The molecule has 18 nitrogen and oxygen atoms in total. The van der Waals surface area contributed by atoms with Crippen molar-refractivity contribution in [3.05, 3.63) is 48.0 Å². The Kier molecular flexibility index (Phi) is 19.1. The van der Waals surface area contributed by atoms with E-state index in [1.165, 1.54) is 30.3 Å². The number of halogens is 3.